The molecular formula is C18H22N6O. The van der Waals surface area contributed by atoms with Crippen molar-refractivity contribution in [3.63, 3.8) is 0 Å². The van der Waals surface area contributed by atoms with Gasteiger partial charge in [-0.2, -0.15) is 9.50 Å². The monoisotopic (exact) mass is 338 g/mol. The van der Waals surface area contributed by atoms with Gasteiger partial charge in [0.15, 0.2) is 5.82 Å². The predicted octanol–water partition coefficient (Wildman–Crippen LogP) is 2.90. The number of ether oxygens (including phenoxy) is 1. The van der Waals surface area contributed by atoms with E-state index in [-0.39, 0.29) is 6.10 Å². The Morgan fingerprint density at radius 1 is 1.36 bits per heavy atom. The molecule has 4 heterocycles. The number of nitrogens with one attached hydrogen (secondary N) is 1. The standard InChI is InChI=1S/C18H22N6O/c1-12(2)15-9-16(20-11-14-6-4-8-25-14)24-18(21-15)22-17(23-24)13-5-3-7-19-10-13/h3,5,7,9-10,12,14,20H,4,6,8,11H2,1-2H3. The van der Waals surface area contributed by atoms with E-state index in [1.54, 1.807) is 16.9 Å². The number of anilines is 1. The highest BCUT2D eigenvalue weighted by Gasteiger charge is 2.18. The van der Waals surface area contributed by atoms with Gasteiger partial charge in [0.1, 0.15) is 5.82 Å². The molecule has 3 aromatic heterocycles. The van der Waals surface area contributed by atoms with Crippen LogP contribution in [0.2, 0.25) is 0 Å². The van der Waals surface area contributed by atoms with Crippen LogP contribution in [0, 0.1) is 0 Å². The molecule has 0 bridgehead atoms. The van der Waals surface area contributed by atoms with Crippen LogP contribution in [-0.4, -0.2) is 43.8 Å². The molecule has 4 rings (SSSR count). The van der Waals surface area contributed by atoms with Crippen LogP contribution in [0.15, 0.2) is 30.6 Å². The van der Waals surface area contributed by atoms with Crippen LogP contribution in [0.4, 0.5) is 5.82 Å². The van der Waals surface area contributed by atoms with Crippen molar-refractivity contribution in [3.05, 3.63) is 36.3 Å². The molecule has 1 aliphatic rings. The van der Waals surface area contributed by atoms with Crippen LogP contribution < -0.4 is 5.32 Å². The van der Waals surface area contributed by atoms with E-state index in [9.17, 15) is 0 Å². The summed E-state index contributed by atoms with van der Waals surface area (Å²) in [5.41, 5.74) is 1.87. The van der Waals surface area contributed by atoms with E-state index >= 15 is 0 Å². The number of hydrogen-bond donors (Lipinski definition) is 1. The second-order valence-electron chi connectivity index (χ2n) is 6.63. The number of hydrogen-bond acceptors (Lipinski definition) is 6. The van der Waals surface area contributed by atoms with Crippen LogP contribution >= 0.6 is 0 Å². The van der Waals surface area contributed by atoms with Gasteiger partial charge in [0.25, 0.3) is 5.78 Å². The Kier molecular flexibility index (Phi) is 4.31. The maximum Gasteiger partial charge on any atom is 0.254 e. The lowest BCUT2D eigenvalue weighted by Crippen LogP contribution is -2.20. The molecule has 0 aromatic carbocycles. The van der Waals surface area contributed by atoms with Gasteiger partial charge in [0.05, 0.1) is 11.8 Å². The van der Waals surface area contributed by atoms with Crippen molar-refractivity contribution in [2.45, 2.75) is 38.7 Å². The molecule has 0 radical (unpaired) electrons. The summed E-state index contributed by atoms with van der Waals surface area (Å²) in [6.07, 6.45) is 5.98. The molecule has 25 heavy (non-hydrogen) atoms. The van der Waals surface area contributed by atoms with E-state index in [0.29, 0.717) is 17.5 Å². The second kappa shape index (κ2) is 6.76. The minimum Gasteiger partial charge on any atom is -0.376 e. The predicted molar refractivity (Wildman–Crippen MR) is 95.6 cm³/mol. The van der Waals surface area contributed by atoms with Gasteiger partial charge in [-0.05, 0) is 30.9 Å². The Bertz CT molecular complexity index is 855. The summed E-state index contributed by atoms with van der Waals surface area (Å²) in [5.74, 6) is 2.43. The van der Waals surface area contributed by atoms with Crippen LogP contribution in [0.3, 0.4) is 0 Å². The molecule has 1 N–H and O–H groups in total. The summed E-state index contributed by atoms with van der Waals surface area (Å²) >= 11 is 0. The van der Waals surface area contributed by atoms with Gasteiger partial charge in [-0.15, -0.1) is 5.10 Å². The summed E-state index contributed by atoms with van der Waals surface area (Å²) in [5, 5.41) is 8.10. The lowest BCUT2D eigenvalue weighted by Gasteiger charge is -2.14. The molecule has 1 unspecified atom stereocenters. The Hall–Kier alpha value is -2.54. The lowest BCUT2D eigenvalue weighted by atomic mass is 10.1. The first-order chi connectivity index (χ1) is 12.2. The fourth-order valence-electron chi connectivity index (χ4n) is 2.95. The van der Waals surface area contributed by atoms with Crippen molar-refractivity contribution < 1.29 is 4.74 Å². The Morgan fingerprint density at radius 3 is 3.00 bits per heavy atom. The van der Waals surface area contributed by atoms with Gasteiger partial charge in [0.2, 0.25) is 0 Å². The first-order valence-corrected chi connectivity index (χ1v) is 8.74. The Balaban J connectivity index is 1.71. The minimum atomic E-state index is 0.257. The van der Waals surface area contributed by atoms with E-state index in [1.165, 1.54) is 0 Å². The maximum atomic E-state index is 5.71. The van der Waals surface area contributed by atoms with Crippen molar-refractivity contribution in [2.24, 2.45) is 0 Å². The number of fused-ring (bicyclic) bond motifs is 1. The smallest absolute Gasteiger partial charge is 0.254 e. The first kappa shape index (κ1) is 16.0. The highest BCUT2D eigenvalue weighted by Crippen LogP contribution is 2.22. The number of pyridine rings is 1. The molecule has 1 fully saturated rings. The minimum absolute atomic E-state index is 0.257. The fourth-order valence-corrected chi connectivity index (χ4v) is 2.95. The highest BCUT2D eigenvalue weighted by atomic mass is 16.5. The SMILES string of the molecule is CC(C)c1cc(NCC2CCCO2)n2nc(-c3cccnc3)nc2n1. The molecule has 0 saturated carbocycles. The zero-order chi connectivity index (χ0) is 17.2. The van der Waals surface area contributed by atoms with Crippen LogP contribution in [0.5, 0.6) is 0 Å². The third-order valence-corrected chi connectivity index (χ3v) is 4.38. The van der Waals surface area contributed by atoms with E-state index < -0.39 is 0 Å². The van der Waals surface area contributed by atoms with Crippen molar-refractivity contribution in [1.82, 2.24) is 24.6 Å². The average Bonchev–Trinajstić information content (AvgIpc) is 3.29. The van der Waals surface area contributed by atoms with Crippen molar-refractivity contribution in [3.8, 4) is 11.4 Å². The quantitative estimate of drug-likeness (QED) is 0.771. The Labute approximate surface area is 146 Å². The van der Waals surface area contributed by atoms with E-state index in [1.807, 2.05) is 18.2 Å². The van der Waals surface area contributed by atoms with Gasteiger partial charge in [0, 0.05) is 37.2 Å². The van der Waals surface area contributed by atoms with Gasteiger partial charge in [-0.25, -0.2) is 4.98 Å². The molecular weight excluding hydrogens is 316 g/mol. The average molecular weight is 338 g/mol. The molecule has 1 saturated heterocycles. The van der Waals surface area contributed by atoms with Gasteiger partial charge >= 0.3 is 0 Å². The fraction of sp³-hybridized carbons (Fsp3) is 0.444. The summed E-state index contributed by atoms with van der Waals surface area (Å²) in [4.78, 5) is 13.4. The van der Waals surface area contributed by atoms with E-state index in [2.05, 4.69) is 39.2 Å². The normalized spacial score (nSPS) is 17.5. The van der Waals surface area contributed by atoms with Crippen LogP contribution in [-0.2, 0) is 4.74 Å². The summed E-state index contributed by atoms with van der Waals surface area (Å²) in [6, 6.07) is 5.88. The lowest BCUT2D eigenvalue weighted by molar-refractivity contribution is 0.120. The van der Waals surface area contributed by atoms with Crippen molar-refractivity contribution in [2.75, 3.05) is 18.5 Å². The Morgan fingerprint density at radius 2 is 2.28 bits per heavy atom. The molecule has 1 aliphatic heterocycles. The molecule has 0 amide bonds. The summed E-state index contributed by atoms with van der Waals surface area (Å²) in [7, 11) is 0. The van der Waals surface area contributed by atoms with E-state index in [0.717, 1.165) is 43.1 Å². The van der Waals surface area contributed by atoms with Crippen molar-refractivity contribution >= 4 is 11.6 Å². The molecule has 7 nitrogen and oxygen atoms in total. The van der Waals surface area contributed by atoms with Crippen LogP contribution in [0.1, 0.15) is 38.3 Å². The highest BCUT2D eigenvalue weighted by molar-refractivity contribution is 5.57. The van der Waals surface area contributed by atoms with Crippen molar-refractivity contribution in [1.29, 1.82) is 0 Å². The molecule has 130 valence electrons. The molecule has 0 spiro atoms. The third kappa shape index (κ3) is 3.32. The zero-order valence-electron chi connectivity index (χ0n) is 14.5. The molecule has 3 aromatic rings. The zero-order valence-corrected chi connectivity index (χ0v) is 14.5. The molecule has 0 aliphatic carbocycles. The first-order valence-electron chi connectivity index (χ1n) is 8.74. The molecule has 7 heteroatoms. The topological polar surface area (TPSA) is 77.2 Å². The second-order valence-corrected chi connectivity index (χ2v) is 6.63. The molecule has 1 atom stereocenters. The van der Waals surface area contributed by atoms with E-state index in [4.69, 9.17) is 4.74 Å². The van der Waals surface area contributed by atoms with Gasteiger partial charge in [-0.3, -0.25) is 4.98 Å². The summed E-state index contributed by atoms with van der Waals surface area (Å²) in [6.45, 7) is 5.87. The van der Waals surface area contributed by atoms with Crippen LogP contribution in [0.25, 0.3) is 17.2 Å². The van der Waals surface area contributed by atoms with Gasteiger partial charge in [-0.1, -0.05) is 13.8 Å². The maximum absolute atomic E-state index is 5.71. The number of rotatable bonds is 5. The third-order valence-electron chi connectivity index (χ3n) is 4.38. The number of nitrogens with zero attached hydrogens (tertiary/aromatic N) is 5. The number of aromatic nitrogens is 5. The van der Waals surface area contributed by atoms with Gasteiger partial charge < -0.3 is 10.1 Å². The summed E-state index contributed by atoms with van der Waals surface area (Å²) < 4.78 is 7.47. The largest absolute Gasteiger partial charge is 0.376 e.